The van der Waals surface area contributed by atoms with E-state index in [4.69, 9.17) is 27.8 Å². The van der Waals surface area contributed by atoms with Crippen LogP contribution in [0.5, 0.6) is 5.75 Å². The molecular formula is C11H14ClN3O3. The summed E-state index contributed by atoms with van der Waals surface area (Å²) < 4.78 is 5.00. The van der Waals surface area contributed by atoms with Crippen LogP contribution in [0.3, 0.4) is 0 Å². The van der Waals surface area contributed by atoms with Crippen molar-refractivity contribution in [3.05, 3.63) is 23.2 Å². The molecule has 0 heterocycles. The predicted molar refractivity (Wildman–Crippen MR) is 68.4 cm³/mol. The van der Waals surface area contributed by atoms with E-state index in [-0.39, 0.29) is 6.42 Å². The van der Waals surface area contributed by atoms with Gasteiger partial charge >= 0.3 is 0 Å². The average molecular weight is 272 g/mol. The highest BCUT2D eigenvalue weighted by atomic mass is 35.5. The van der Waals surface area contributed by atoms with Gasteiger partial charge in [0, 0.05) is 11.8 Å². The van der Waals surface area contributed by atoms with Crippen LogP contribution in [0.4, 0.5) is 5.69 Å². The van der Waals surface area contributed by atoms with Crippen LogP contribution in [-0.2, 0) is 9.59 Å². The number of nitrogens with two attached hydrogens (primary N) is 2. The van der Waals surface area contributed by atoms with E-state index in [2.05, 4.69) is 5.32 Å². The highest BCUT2D eigenvalue weighted by molar-refractivity contribution is 6.32. The molecule has 5 N–H and O–H groups in total. The maximum absolute atomic E-state index is 11.6. The normalized spacial score (nSPS) is 11.7. The van der Waals surface area contributed by atoms with Crippen LogP contribution < -0.4 is 21.5 Å². The van der Waals surface area contributed by atoms with Gasteiger partial charge in [-0.2, -0.15) is 0 Å². The Balaban J connectivity index is 2.72. The molecule has 7 heteroatoms. The van der Waals surface area contributed by atoms with Gasteiger partial charge in [0.2, 0.25) is 11.8 Å². The lowest BCUT2D eigenvalue weighted by Crippen LogP contribution is -2.38. The fraction of sp³-hybridized carbons (Fsp3) is 0.273. The monoisotopic (exact) mass is 271 g/mol. The van der Waals surface area contributed by atoms with Crippen LogP contribution in [0, 0.1) is 0 Å². The third-order valence-electron chi connectivity index (χ3n) is 2.18. The fourth-order valence-corrected chi connectivity index (χ4v) is 1.48. The zero-order valence-electron chi connectivity index (χ0n) is 9.77. The molecule has 0 aliphatic heterocycles. The molecule has 0 saturated heterocycles. The maximum Gasteiger partial charge on any atom is 0.241 e. The molecular weight excluding hydrogens is 258 g/mol. The fourth-order valence-electron chi connectivity index (χ4n) is 1.28. The van der Waals surface area contributed by atoms with Gasteiger partial charge in [-0.3, -0.25) is 9.59 Å². The average Bonchev–Trinajstić information content (AvgIpc) is 2.30. The molecule has 0 aliphatic rings. The van der Waals surface area contributed by atoms with Gasteiger partial charge in [0.25, 0.3) is 0 Å². The predicted octanol–water partition coefficient (Wildman–Crippen LogP) is 0.490. The lowest BCUT2D eigenvalue weighted by Gasteiger charge is -2.11. The number of methoxy groups -OCH3 is 1. The van der Waals surface area contributed by atoms with Crippen LogP contribution in [0.15, 0.2) is 18.2 Å². The number of hydrogen-bond acceptors (Lipinski definition) is 4. The Morgan fingerprint density at radius 1 is 1.50 bits per heavy atom. The van der Waals surface area contributed by atoms with Crippen molar-refractivity contribution in [1.29, 1.82) is 0 Å². The first-order valence-corrected chi connectivity index (χ1v) is 5.50. The van der Waals surface area contributed by atoms with Gasteiger partial charge < -0.3 is 21.5 Å². The summed E-state index contributed by atoms with van der Waals surface area (Å²) in [6, 6.07) is 3.75. The van der Waals surface area contributed by atoms with E-state index >= 15 is 0 Å². The summed E-state index contributed by atoms with van der Waals surface area (Å²) in [4.78, 5) is 22.3. The summed E-state index contributed by atoms with van der Waals surface area (Å²) in [5.41, 5.74) is 10.9. The summed E-state index contributed by atoms with van der Waals surface area (Å²) in [6.07, 6.45) is -0.212. The van der Waals surface area contributed by atoms with Crippen LogP contribution in [0.1, 0.15) is 6.42 Å². The summed E-state index contributed by atoms with van der Waals surface area (Å²) in [5.74, 6) is -0.706. The summed E-state index contributed by atoms with van der Waals surface area (Å²) in [7, 11) is 1.46. The topological polar surface area (TPSA) is 107 Å². The van der Waals surface area contributed by atoms with E-state index in [0.717, 1.165) is 0 Å². The number of nitrogens with one attached hydrogen (secondary N) is 1. The molecule has 1 aromatic rings. The second-order valence-corrected chi connectivity index (χ2v) is 4.02. The number of primary amides is 1. The van der Waals surface area contributed by atoms with Gasteiger partial charge in [-0.25, -0.2) is 0 Å². The third-order valence-corrected chi connectivity index (χ3v) is 2.49. The van der Waals surface area contributed by atoms with Crippen molar-refractivity contribution >= 4 is 29.1 Å². The number of anilines is 1. The molecule has 1 atom stereocenters. The quantitative estimate of drug-likeness (QED) is 0.724. The SMILES string of the molecule is COc1cc(NC(=O)C(N)CC(N)=O)ccc1Cl. The minimum absolute atomic E-state index is 0.212. The minimum Gasteiger partial charge on any atom is -0.495 e. The van der Waals surface area contributed by atoms with Crippen LogP contribution >= 0.6 is 11.6 Å². The molecule has 0 saturated carbocycles. The van der Waals surface area contributed by atoms with Gasteiger partial charge in [-0.15, -0.1) is 0 Å². The molecule has 1 rings (SSSR count). The summed E-state index contributed by atoms with van der Waals surface area (Å²) in [6.45, 7) is 0. The number of benzene rings is 1. The summed E-state index contributed by atoms with van der Waals surface area (Å²) >= 11 is 5.84. The second kappa shape index (κ2) is 6.23. The summed E-state index contributed by atoms with van der Waals surface area (Å²) in [5, 5.41) is 2.97. The van der Waals surface area contributed by atoms with Crippen molar-refractivity contribution in [2.24, 2.45) is 11.5 Å². The number of halogens is 1. The molecule has 0 bridgehead atoms. The molecule has 6 nitrogen and oxygen atoms in total. The first-order chi connectivity index (χ1) is 8.43. The zero-order valence-corrected chi connectivity index (χ0v) is 10.5. The number of ether oxygens (including phenoxy) is 1. The van der Waals surface area contributed by atoms with Gasteiger partial charge in [-0.05, 0) is 12.1 Å². The van der Waals surface area contributed by atoms with Crippen LogP contribution in [-0.4, -0.2) is 25.0 Å². The minimum atomic E-state index is -0.982. The largest absolute Gasteiger partial charge is 0.495 e. The van der Waals surface area contributed by atoms with E-state index < -0.39 is 17.9 Å². The molecule has 1 unspecified atom stereocenters. The van der Waals surface area contributed by atoms with Crippen LogP contribution in [0.25, 0.3) is 0 Å². The number of rotatable bonds is 5. The van der Waals surface area contributed by atoms with Crippen molar-refractivity contribution in [2.45, 2.75) is 12.5 Å². The molecule has 18 heavy (non-hydrogen) atoms. The second-order valence-electron chi connectivity index (χ2n) is 3.62. The van der Waals surface area contributed by atoms with Gasteiger partial charge in [0.15, 0.2) is 0 Å². The number of carbonyl (C=O) groups excluding carboxylic acids is 2. The van der Waals surface area contributed by atoms with E-state index in [0.29, 0.717) is 16.5 Å². The molecule has 0 aliphatic carbocycles. The smallest absolute Gasteiger partial charge is 0.241 e. The van der Waals surface area contributed by atoms with Crippen LogP contribution in [0.2, 0.25) is 5.02 Å². The molecule has 0 aromatic heterocycles. The van der Waals surface area contributed by atoms with Crippen molar-refractivity contribution in [3.63, 3.8) is 0 Å². The maximum atomic E-state index is 11.6. The van der Waals surface area contributed by atoms with Crippen molar-refractivity contribution < 1.29 is 14.3 Å². The van der Waals surface area contributed by atoms with Gasteiger partial charge in [-0.1, -0.05) is 11.6 Å². The van der Waals surface area contributed by atoms with Crippen molar-refractivity contribution in [2.75, 3.05) is 12.4 Å². The molecule has 0 fully saturated rings. The number of hydrogen-bond donors (Lipinski definition) is 3. The Hall–Kier alpha value is -1.79. The number of amides is 2. The Labute approximate surface area is 109 Å². The van der Waals surface area contributed by atoms with E-state index in [1.807, 2.05) is 0 Å². The van der Waals surface area contributed by atoms with Gasteiger partial charge in [0.1, 0.15) is 5.75 Å². The Morgan fingerprint density at radius 3 is 2.72 bits per heavy atom. The van der Waals surface area contributed by atoms with Crippen molar-refractivity contribution in [3.8, 4) is 5.75 Å². The lowest BCUT2D eigenvalue weighted by atomic mass is 10.2. The first-order valence-electron chi connectivity index (χ1n) is 5.12. The number of carbonyl (C=O) groups is 2. The Bertz CT molecular complexity index is 465. The standard InChI is InChI=1S/C11H14ClN3O3/c1-18-9-4-6(2-3-7(9)12)15-11(17)8(13)5-10(14)16/h2-4,8H,5,13H2,1H3,(H2,14,16)(H,15,17). The molecule has 0 spiro atoms. The highest BCUT2D eigenvalue weighted by Gasteiger charge is 2.16. The highest BCUT2D eigenvalue weighted by Crippen LogP contribution is 2.27. The van der Waals surface area contributed by atoms with E-state index in [9.17, 15) is 9.59 Å². The van der Waals surface area contributed by atoms with E-state index in [1.54, 1.807) is 18.2 Å². The lowest BCUT2D eigenvalue weighted by molar-refractivity contribution is -0.123. The first kappa shape index (κ1) is 14.3. The Kier molecular flexibility index (Phi) is 4.94. The van der Waals surface area contributed by atoms with Crippen molar-refractivity contribution in [1.82, 2.24) is 0 Å². The molecule has 0 radical (unpaired) electrons. The molecule has 1 aromatic carbocycles. The third kappa shape index (κ3) is 3.90. The molecule has 98 valence electrons. The Morgan fingerprint density at radius 2 is 2.17 bits per heavy atom. The van der Waals surface area contributed by atoms with Gasteiger partial charge in [0.05, 0.1) is 24.6 Å². The van der Waals surface area contributed by atoms with E-state index in [1.165, 1.54) is 7.11 Å². The zero-order chi connectivity index (χ0) is 13.7. The molecule has 2 amide bonds.